The Bertz CT molecular complexity index is 406. The number of carbonyl (C=O) groups excluding carboxylic acids is 1. The highest BCUT2D eigenvalue weighted by atomic mass is 16.2. The molecule has 1 aromatic rings. The van der Waals surface area contributed by atoms with Crippen LogP contribution in [0.2, 0.25) is 0 Å². The quantitative estimate of drug-likeness (QED) is 0.746. The van der Waals surface area contributed by atoms with Crippen molar-refractivity contribution in [1.82, 2.24) is 4.90 Å². The van der Waals surface area contributed by atoms with E-state index in [4.69, 9.17) is 5.26 Å². The fourth-order valence-electron chi connectivity index (χ4n) is 1.72. The summed E-state index contributed by atoms with van der Waals surface area (Å²) in [5.74, 6) is -0.195. The first-order chi connectivity index (χ1) is 8.07. The number of hydrogen-bond donors (Lipinski definition) is 0. The molecule has 90 valence electrons. The summed E-state index contributed by atoms with van der Waals surface area (Å²) in [6.07, 6.45) is 0. The SMILES string of the molecule is CC(C(=O)N(CC#N)C(C)C)c1ccccc1. The van der Waals surface area contributed by atoms with Crippen LogP contribution < -0.4 is 0 Å². The third-order valence-electron chi connectivity index (χ3n) is 2.82. The largest absolute Gasteiger partial charge is 0.326 e. The third-order valence-corrected chi connectivity index (χ3v) is 2.82. The maximum absolute atomic E-state index is 12.2. The van der Waals surface area contributed by atoms with Gasteiger partial charge in [-0.2, -0.15) is 5.26 Å². The molecule has 0 radical (unpaired) electrons. The highest BCUT2D eigenvalue weighted by Crippen LogP contribution is 2.18. The molecule has 0 saturated carbocycles. The number of amides is 1. The minimum absolute atomic E-state index is 0.00718. The second kappa shape index (κ2) is 6.05. The van der Waals surface area contributed by atoms with Crippen LogP contribution in [0, 0.1) is 11.3 Å². The van der Waals surface area contributed by atoms with Gasteiger partial charge in [0.15, 0.2) is 0 Å². The molecule has 1 amide bonds. The standard InChI is InChI=1S/C14H18N2O/c1-11(2)16(10-9-15)14(17)12(3)13-7-5-4-6-8-13/h4-8,11-12H,10H2,1-3H3. The van der Waals surface area contributed by atoms with Gasteiger partial charge in [-0.25, -0.2) is 0 Å². The molecule has 0 aliphatic carbocycles. The highest BCUT2D eigenvalue weighted by Gasteiger charge is 2.23. The summed E-state index contributed by atoms with van der Waals surface area (Å²) in [5.41, 5.74) is 0.987. The molecule has 0 aliphatic rings. The van der Waals surface area contributed by atoms with Crippen LogP contribution in [0.25, 0.3) is 0 Å². The van der Waals surface area contributed by atoms with E-state index in [1.165, 1.54) is 0 Å². The van der Waals surface area contributed by atoms with Crippen molar-refractivity contribution in [2.45, 2.75) is 32.7 Å². The van der Waals surface area contributed by atoms with Crippen LogP contribution in [0.1, 0.15) is 32.3 Å². The second-order valence-electron chi connectivity index (χ2n) is 4.35. The monoisotopic (exact) mass is 230 g/mol. The summed E-state index contributed by atoms with van der Waals surface area (Å²) in [4.78, 5) is 13.9. The molecular formula is C14H18N2O. The Morgan fingerprint density at radius 2 is 1.88 bits per heavy atom. The molecule has 3 nitrogen and oxygen atoms in total. The lowest BCUT2D eigenvalue weighted by Crippen LogP contribution is -2.39. The van der Waals surface area contributed by atoms with Crippen molar-refractivity contribution in [2.75, 3.05) is 6.54 Å². The van der Waals surface area contributed by atoms with Crippen LogP contribution in [-0.4, -0.2) is 23.4 Å². The first-order valence-electron chi connectivity index (χ1n) is 5.80. The van der Waals surface area contributed by atoms with E-state index >= 15 is 0 Å². The molecule has 1 rings (SSSR count). The van der Waals surface area contributed by atoms with Crippen molar-refractivity contribution in [3.8, 4) is 6.07 Å². The molecule has 0 fully saturated rings. The Kier molecular flexibility index (Phi) is 4.71. The molecule has 1 unspecified atom stereocenters. The van der Waals surface area contributed by atoms with Crippen LogP contribution in [0.4, 0.5) is 0 Å². The molecular weight excluding hydrogens is 212 g/mol. The zero-order chi connectivity index (χ0) is 12.8. The smallest absolute Gasteiger partial charge is 0.230 e. The molecule has 0 saturated heterocycles. The summed E-state index contributed by atoms with van der Waals surface area (Å²) < 4.78 is 0. The fourth-order valence-corrected chi connectivity index (χ4v) is 1.72. The van der Waals surface area contributed by atoms with Gasteiger partial charge < -0.3 is 4.90 Å². The molecule has 0 aromatic heterocycles. The van der Waals surface area contributed by atoms with Crippen molar-refractivity contribution in [1.29, 1.82) is 5.26 Å². The van der Waals surface area contributed by atoms with Crippen LogP contribution in [0.5, 0.6) is 0 Å². The van der Waals surface area contributed by atoms with Crippen LogP contribution in [0.15, 0.2) is 30.3 Å². The summed E-state index contributed by atoms with van der Waals surface area (Å²) in [7, 11) is 0. The Morgan fingerprint density at radius 1 is 1.29 bits per heavy atom. The minimum atomic E-state index is -0.202. The zero-order valence-electron chi connectivity index (χ0n) is 10.6. The van der Waals surface area contributed by atoms with Crippen LogP contribution in [-0.2, 0) is 4.79 Å². The van der Waals surface area contributed by atoms with Crippen molar-refractivity contribution in [3.05, 3.63) is 35.9 Å². The summed E-state index contributed by atoms with van der Waals surface area (Å²) in [6, 6.07) is 11.7. The Labute approximate surface area is 103 Å². The average Bonchev–Trinajstić information content (AvgIpc) is 2.35. The highest BCUT2D eigenvalue weighted by molar-refractivity contribution is 5.83. The molecule has 1 aromatic carbocycles. The zero-order valence-corrected chi connectivity index (χ0v) is 10.6. The van der Waals surface area contributed by atoms with E-state index in [-0.39, 0.29) is 24.4 Å². The van der Waals surface area contributed by atoms with Gasteiger partial charge in [-0.3, -0.25) is 4.79 Å². The Balaban J connectivity index is 2.85. The van der Waals surface area contributed by atoms with Crippen molar-refractivity contribution in [2.24, 2.45) is 0 Å². The summed E-state index contributed by atoms with van der Waals surface area (Å²) in [5, 5.41) is 8.74. The van der Waals surface area contributed by atoms with Gasteiger partial charge in [0, 0.05) is 6.04 Å². The minimum Gasteiger partial charge on any atom is -0.326 e. The molecule has 0 heterocycles. The summed E-state index contributed by atoms with van der Waals surface area (Å²) in [6.45, 7) is 5.87. The number of rotatable bonds is 4. The van der Waals surface area contributed by atoms with Gasteiger partial charge in [-0.05, 0) is 26.3 Å². The lowest BCUT2D eigenvalue weighted by atomic mass is 9.99. The van der Waals surface area contributed by atoms with Crippen LogP contribution in [0.3, 0.4) is 0 Å². The van der Waals surface area contributed by atoms with Crippen molar-refractivity contribution >= 4 is 5.91 Å². The normalized spacial score (nSPS) is 11.9. The number of carbonyl (C=O) groups is 1. The maximum atomic E-state index is 12.2. The van der Waals surface area contributed by atoms with Crippen molar-refractivity contribution < 1.29 is 4.79 Å². The molecule has 0 aliphatic heterocycles. The van der Waals surface area contributed by atoms with E-state index in [0.29, 0.717) is 0 Å². The number of hydrogen-bond acceptors (Lipinski definition) is 2. The predicted molar refractivity (Wildman–Crippen MR) is 67.3 cm³/mol. The predicted octanol–water partition coefficient (Wildman–Crippen LogP) is 2.55. The fraction of sp³-hybridized carbons (Fsp3) is 0.429. The molecule has 0 N–H and O–H groups in total. The number of nitriles is 1. The van der Waals surface area contributed by atoms with E-state index in [1.54, 1.807) is 4.90 Å². The topological polar surface area (TPSA) is 44.1 Å². The average molecular weight is 230 g/mol. The first-order valence-corrected chi connectivity index (χ1v) is 5.80. The third kappa shape index (κ3) is 3.32. The van der Waals surface area contributed by atoms with Gasteiger partial charge >= 0.3 is 0 Å². The van der Waals surface area contributed by atoms with Gasteiger partial charge in [0.1, 0.15) is 6.54 Å². The Hall–Kier alpha value is -1.82. The lowest BCUT2D eigenvalue weighted by molar-refractivity contribution is -0.133. The summed E-state index contributed by atoms with van der Waals surface area (Å²) >= 11 is 0. The van der Waals surface area contributed by atoms with E-state index in [2.05, 4.69) is 0 Å². The van der Waals surface area contributed by atoms with Gasteiger partial charge in [0.2, 0.25) is 5.91 Å². The van der Waals surface area contributed by atoms with E-state index in [0.717, 1.165) is 5.56 Å². The van der Waals surface area contributed by atoms with Gasteiger partial charge in [-0.1, -0.05) is 30.3 Å². The number of benzene rings is 1. The molecule has 3 heteroatoms. The molecule has 0 bridgehead atoms. The van der Waals surface area contributed by atoms with E-state index in [9.17, 15) is 4.79 Å². The molecule has 0 spiro atoms. The molecule has 1 atom stereocenters. The molecule has 17 heavy (non-hydrogen) atoms. The first kappa shape index (κ1) is 13.2. The van der Waals surface area contributed by atoms with Gasteiger partial charge in [-0.15, -0.1) is 0 Å². The van der Waals surface area contributed by atoms with Crippen molar-refractivity contribution in [3.63, 3.8) is 0 Å². The lowest BCUT2D eigenvalue weighted by Gasteiger charge is -2.27. The maximum Gasteiger partial charge on any atom is 0.230 e. The van der Waals surface area contributed by atoms with E-state index < -0.39 is 0 Å². The van der Waals surface area contributed by atoms with E-state index in [1.807, 2.05) is 57.2 Å². The van der Waals surface area contributed by atoms with Crippen LogP contribution >= 0.6 is 0 Å². The Morgan fingerprint density at radius 3 is 2.35 bits per heavy atom. The number of nitrogens with zero attached hydrogens (tertiary/aromatic N) is 2. The second-order valence-corrected chi connectivity index (χ2v) is 4.35. The van der Waals surface area contributed by atoms with Gasteiger partial charge in [0.05, 0.1) is 12.0 Å². The van der Waals surface area contributed by atoms with Gasteiger partial charge in [0.25, 0.3) is 0 Å².